The molecular formula is C28H37N3O2. The van der Waals surface area contributed by atoms with Crippen LogP contribution in [0.3, 0.4) is 0 Å². The van der Waals surface area contributed by atoms with Crippen molar-refractivity contribution in [3.05, 3.63) is 65.2 Å². The fourth-order valence-corrected chi connectivity index (χ4v) is 6.13. The van der Waals surface area contributed by atoms with Crippen molar-refractivity contribution in [1.29, 1.82) is 0 Å². The number of urea groups is 1. The van der Waals surface area contributed by atoms with Crippen LogP contribution in [0.5, 0.6) is 5.75 Å². The van der Waals surface area contributed by atoms with Crippen molar-refractivity contribution < 1.29 is 9.53 Å². The van der Waals surface area contributed by atoms with Gasteiger partial charge in [0.25, 0.3) is 0 Å². The molecule has 2 aromatic carbocycles. The van der Waals surface area contributed by atoms with Crippen LogP contribution in [0, 0.1) is 5.92 Å². The molecule has 0 aliphatic carbocycles. The molecule has 4 atom stereocenters. The summed E-state index contributed by atoms with van der Waals surface area (Å²) in [5, 5.41) is 3.29. The average Bonchev–Trinajstić information content (AvgIpc) is 2.82. The lowest BCUT2D eigenvalue weighted by atomic mass is 9.77. The monoisotopic (exact) mass is 447 g/mol. The van der Waals surface area contributed by atoms with Crippen LogP contribution in [0.4, 0.5) is 4.79 Å². The zero-order chi connectivity index (χ0) is 22.9. The highest BCUT2D eigenvalue weighted by molar-refractivity contribution is 5.75. The summed E-state index contributed by atoms with van der Waals surface area (Å²) >= 11 is 0. The van der Waals surface area contributed by atoms with Gasteiger partial charge in [-0.3, -0.25) is 4.90 Å². The predicted molar refractivity (Wildman–Crippen MR) is 131 cm³/mol. The topological polar surface area (TPSA) is 44.8 Å². The normalized spacial score (nSPS) is 25.6. The van der Waals surface area contributed by atoms with E-state index in [1.54, 1.807) is 0 Å². The number of fused-ring (bicyclic) bond motifs is 4. The number of hydrogen-bond donors (Lipinski definition) is 1. The molecule has 5 nitrogen and oxygen atoms in total. The summed E-state index contributed by atoms with van der Waals surface area (Å²) < 4.78 is 5.85. The number of benzene rings is 2. The van der Waals surface area contributed by atoms with E-state index >= 15 is 0 Å². The molecule has 0 saturated carbocycles. The van der Waals surface area contributed by atoms with Crippen LogP contribution in [-0.2, 0) is 6.42 Å². The van der Waals surface area contributed by atoms with Crippen LogP contribution in [0.25, 0.3) is 0 Å². The highest BCUT2D eigenvalue weighted by Crippen LogP contribution is 2.42. The first-order valence-corrected chi connectivity index (χ1v) is 12.6. The summed E-state index contributed by atoms with van der Waals surface area (Å²) in [6, 6.07) is 17.7. The predicted octanol–water partition coefficient (Wildman–Crippen LogP) is 5.33. The zero-order valence-corrected chi connectivity index (χ0v) is 20.2. The molecule has 0 unspecified atom stereocenters. The lowest BCUT2D eigenvalue weighted by Gasteiger charge is -2.52. The molecule has 2 fully saturated rings. The Hall–Kier alpha value is -2.53. The fourth-order valence-electron chi connectivity index (χ4n) is 6.13. The van der Waals surface area contributed by atoms with Crippen molar-refractivity contribution in [2.75, 3.05) is 19.6 Å². The summed E-state index contributed by atoms with van der Waals surface area (Å²) in [6.45, 7) is 9.22. The number of ether oxygens (including phenoxy) is 1. The summed E-state index contributed by atoms with van der Waals surface area (Å²) in [4.78, 5) is 18.3. The summed E-state index contributed by atoms with van der Waals surface area (Å²) in [5.41, 5.74) is 4.04. The Balaban J connectivity index is 1.30. The van der Waals surface area contributed by atoms with E-state index in [0.717, 1.165) is 50.2 Å². The zero-order valence-electron chi connectivity index (χ0n) is 20.2. The Morgan fingerprint density at radius 2 is 1.94 bits per heavy atom. The second-order valence-electron chi connectivity index (χ2n) is 10.3. The van der Waals surface area contributed by atoms with Gasteiger partial charge >= 0.3 is 6.03 Å². The van der Waals surface area contributed by atoms with Crippen LogP contribution < -0.4 is 10.1 Å². The van der Waals surface area contributed by atoms with Gasteiger partial charge in [0.1, 0.15) is 5.75 Å². The highest BCUT2D eigenvalue weighted by Gasteiger charge is 2.44. The van der Waals surface area contributed by atoms with Gasteiger partial charge in [0.15, 0.2) is 0 Å². The van der Waals surface area contributed by atoms with E-state index in [1.807, 2.05) is 32.0 Å². The van der Waals surface area contributed by atoms with Crippen molar-refractivity contribution in [3.8, 4) is 5.75 Å². The molecule has 0 aromatic heterocycles. The molecule has 0 spiro atoms. The van der Waals surface area contributed by atoms with E-state index in [0.29, 0.717) is 18.0 Å². The first-order chi connectivity index (χ1) is 16.0. The van der Waals surface area contributed by atoms with E-state index in [4.69, 9.17) is 4.74 Å². The third kappa shape index (κ3) is 4.61. The van der Waals surface area contributed by atoms with Gasteiger partial charge in [0.2, 0.25) is 0 Å². The Bertz CT molecular complexity index is 991. The molecule has 5 heteroatoms. The van der Waals surface area contributed by atoms with Crippen LogP contribution in [0.15, 0.2) is 48.5 Å². The summed E-state index contributed by atoms with van der Waals surface area (Å²) in [5.74, 6) is 1.43. The number of amides is 2. The van der Waals surface area contributed by atoms with Crippen molar-refractivity contribution >= 4 is 6.03 Å². The molecule has 176 valence electrons. The molecule has 3 aliphatic heterocycles. The van der Waals surface area contributed by atoms with E-state index in [2.05, 4.69) is 52.4 Å². The largest absolute Gasteiger partial charge is 0.491 e. The van der Waals surface area contributed by atoms with E-state index in [-0.39, 0.29) is 18.2 Å². The minimum absolute atomic E-state index is 0.0657. The van der Waals surface area contributed by atoms with Gasteiger partial charge in [-0.2, -0.15) is 0 Å². The molecule has 2 aromatic rings. The molecule has 0 bridgehead atoms. The third-order valence-corrected chi connectivity index (χ3v) is 7.71. The minimum atomic E-state index is -0.0657. The maximum atomic E-state index is 13.5. The number of piperidine rings is 2. The Kier molecular flexibility index (Phi) is 6.33. The first-order valence-electron chi connectivity index (χ1n) is 12.6. The molecule has 5 rings (SSSR count). The average molecular weight is 448 g/mol. The maximum absolute atomic E-state index is 13.5. The van der Waals surface area contributed by atoms with Gasteiger partial charge in [-0.15, -0.1) is 0 Å². The number of rotatable bonds is 4. The van der Waals surface area contributed by atoms with Crippen molar-refractivity contribution in [3.63, 3.8) is 0 Å². The number of nitrogens with zero attached hydrogens (tertiary/aromatic N) is 2. The Labute approximate surface area is 198 Å². The van der Waals surface area contributed by atoms with Crippen molar-refractivity contribution in [2.24, 2.45) is 5.92 Å². The van der Waals surface area contributed by atoms with Gasteiger partial charge in [0, 0.05) is 31.7 Å². The molecule has 3 aliphatic rings. The summed E-state index contributed by atoms with van der Waals surface area (Å²) in [6.07, 6.45) is 4.64. The Morgan fingerprint density at radius 3 is 2.79 bits per heavy atom. The van der Waals surface area contributed by atoms with Crippen molar-refractivity contribution in [2.45, 2.75) is 70.7 Å². The molecule has 3 heterocycles. The summed E-state index contributed by atoms with van der Waals surface area (Å²) in [7, 11) is 0. The fraction of sp³-hybridized carbons (Fsp3) is 0.536. The lowest BCUT2D eigenvalue weighted by Crippen LogP contribution is -2.59. The van der Waals surface area contributed by atoms with E-state index in [9.17, 15) is 4.79 Å². The first kappa shape index (κ1) is 22.3. The molecule has 0 radical (unpaired) electrons. The second kappa shape index (κ2) is 9.38. The van der Waals surface area contributed by atoms with Crippen LogP contribution >= 0.6 is 0 Å². The number of nitrogens with one attached hydrogen (secondary N) is 1. The molecular weight excluding hydrogens is 410 g/mol. The lowest BCUT2D eigenvalue weighted by molar-refractivity contribution is 0.00532. The van der Waals surface area contributed by atoms with Gasteiger partial charge < -0.3 is 15.0 Å². The highest BCUT2D eigenvalue weighted by atomic mass is 16.5. The maximum Gasteiger partial charge on any atom is 0.318 e. The number of likely N-dealkylation sites (tertiary alicyclic amines) is 1. The van der Waals surface area contributed by atoms with E-state index in [1.165, 1.54) is 17.5 Å². The number of hydrogen-bond acceptors (Lipinski definition) is 3. The number of carbonyl (C=O) groups is 1. The molecule has 2 amide bonds. The van der Waals surface area contributed by atoms with Crippen LogP contribution in [0.1, 0.15) is 68.8 Å². The molecule has 33 heavy (non-hydrogen) atoms. The number of carbonyl (C=O) groups excluding carboxylic acids is 1. The van der Waals surface area contributed by atoms with Gasteiger partial charge in [-0.1, -0.05) is 36.4 Å². The second-order valence-corrected chi connectivity index (χ2v) is 10.3. The SMILES string of the molecule is CC(C)Oc1cccc([C@@H](C)NC(=O)N2CCC[C@H]3CN4CCc5ccccc5[C@H]4C[C@H]32)c1. The Morgan fingerprint density at radius 1 is 1.09 bits per heavy atom. The van der Waals surface area contributed by atoms with Crippen molar-refractivity contribution in [1.82, 2.24) is 15.1 Å². The molecule has 1 N–H and O–H groups in total. The van der Waals surface area contributed by atoms with E-state index < -0.39 is 0 Å². The van der Waals surface area contributed by atoms with Crippen LogP contribution in [-0.4, -0.2) is 47.6 Å². The van der Waals surface area contributed by atoms with Crippen LogP contribution in [0.2, 0.25) is 0 Å². The van der Waals surface area contributed by atoms with Gasteiger partial charge in [-0.25, -0.2) is 4.79 Å². The molecule has 2 saturated heterocycles. The minimum Gasteiger partial charge on any atom is -0.491 e. The smallest absolute Gasteiger partial charge is 0.318 e. The quantitative estimate of drug-likeness (QED) is 0.689. The van der Waals surface area contributed by atoms with Gasteiger partial charge in [-0.05, 0) is 81.2 Å². The van der Waals surface area contributed by atoms with Gasteiger partial charge in [0.05, 0.1) is 12.1 Å². The third-order valence-electron chi connectivity index (χ3n) is 7.71. The standard InChI is InChI=1S/C28H37N3O2/c1-19(2)33-24-11-6-9-22(16-24)20(3)29-28(32)31-14-7-10-23-18-30-15-13-21-8-4-5-12-25(21)27(30)17-26(23)31/h4-6,8-9,11-12,16,19-20,23,26-27H,7,10,13-15,17-18H2,1-3H3,(H,29,32)/t20-,23+,26-,27-/m1/s1.